The molecule has 0 aromatic rings. The molecule has 3 nitrogen and oxygen atoms in total. The van der Waals surface area contributed by atoms with Crippen LogP contribution in [0.1, 0.15) is 20.8 Å². The second kappa shape index (κ2) is 4.33. The number of hydrogen-bond donors (Lipinski definition) is 1. The van der Waals surface area contributed by atoms with Crippen LogP contribution in [0.2, 0.25) is 0 Å². The van der Waals surface area contributed by atoms with E-state index in [1.807, 2.05) is 16.7 Å². The predicted octanol–water partition coefficient (Wildman–Crippen LogP) is 0.686. The zero-order valence-corrected chi connectivity index (χ0v) is 9.30. The molecule has 1 aliphatic rings. The largest absolute Gasteiger partial charge is 0.337 e. The van der Waals surface area contributed by atoms with Crippen LogP contribution >= 0.6 is 11.8 Å². The molecule has 0 spiro atoms. The third-order valence-electron chi connectivity index (χ3n) is 2.56. The lowest BCUT2D eigenvalue weighted by Gasteiger charge is -2.38. The van der Waals surface area contributed by atoms with Crippen LogP contribution in [0.5, 0.6) is 0 Å². The molecule has 0 radical (unpaired) electrons. The summed E-state index contributed by atoms with van der Waals surface area (Å²) in [4.78, 5) is 13.6. The van der Waals surface area contributed by atoms with Gasteiger partial charge in [-0.05, 0) is 13.8 Å². The van der Waals surface area contributed by atoms with Gasteiger partial charge in [0.2, 0.25) is 5.91 Å². The van der Waals surface area contributed by atoms with Gasteiger partial charge in [0, 0.05) is 23.6 Å². The van der Waals surface area contributed by atoms with Crippen molar-refractivity contribution in [3.8, 4) is 0 Å². The van der Waals surface area contributed by atoms with Crippen molar-refractivity contribution < 1.29 is 4.79 Å². The Morgan fingerprint density at radius 2 is 2.23 bits per heavy atom. The van der Waals surface area contributed by atoms with E-state index < -0.39 is 0 Å². The van der Waals surface area contributed by atoms with E-state index in [0.29, 0.717) is 11.3 Å². The fourth-order valence-electron chi connectivity index (χ4n) is 1.51. The number of nitrogens with zero attached hydrogens (tertiary/aromatic N) is 1. The lowest BCUT2D eigenvalue weighted by Crippen LogP contribution is -2.52. The van der Waals surface area contributed by atoms with Gasteiger partial charge >= 0.3 is 0 Å². The summed E-state index contributed by atoms with van der Waals surface area (Å²) in [5, 5.41) is 0.524. The molecule has 0 bridgehead atoms. The molecule has 2 unspecified atom stereocenters. The summed E-state index contributed by atoms with van der Waals surface area (Å²) < 4.78 is 0. The van der Waals surface area contributed by atoms with E-state index in [4.69, 9.17) is 5.73 Å². The molecule has 0 aliphatic carbocycles. The van der Waals surface area contributed by atoms with Gasteiger partial charge in [0.05, 0.1) is 6.04 Å². The maximum absolute atomic E-state index is 11.6. The summed E-state index contributed by atoms with van der Waals surface area (Å²) in [6, 6.07) is -0.0463. The number of nitrogens with two attached hydrogens (primary N) is 1. The van der Waals surface area contributed by atoms with E-state index in [2.05, 4.69) is 13.8 Å². The van der Waals surface area contributed by atoms with Crippen molar-refractivity contribution in [2.45, 2.75) is 38.1 Å². The van der Waals surface area contributed by atoms with Gasteiger partial charge in [0.1, 0.15) is 0 Å². The van der Waals surface area contributed by atoms with Crippen molar-refractivity contribution in [3.05, 3.63) is 0 Å². The van der Waals surface area contributed by atoms with Gasteiger partial charge in [-0.3, -0.25) is 4.79 Å². The van der Waals surface area contributed by atoms with E-state index in [9.17, 15) is 4.79 Å². The second-order valence-electron chi connectivity index (χ2n) is 3.64. The molecule has 1 saturated heterocycles. The Kier molecular flexibility index (Phi) is 3.62. The molecule has 1 heterocycles. The monoisotopic (exact) mass is 202 g/mol. The lowest BCUT2D eigenvalue weighted by atomic mass is 10.2. The van der Waals surface area contributed by atoms with Gasteiger partial charge in [0.15, 0.2) is 0 Å². The van der Waals surface area contributed by atoms with Gasteiger partial charge in [-0.15, -0.1) is 0 Å². The quantitative estimate of drug-likeness (QED) is 0.680. The molecule has 0 aromatic heterocycles. The van der Waals surface area contributed by atoms with E-state index in [-0.39, 0.29) is 11.9 Å². The maximum Gasteiger partial charge on any atom is 0.239 e. The van der Waals surface area contributed by atoms with E-state index in [1.165, 1.54) is 0 Å². The Bertz CT molecular complexity index is 196. The van der Waals surface area contributed by atoms with Gasteiger partial charge < -0.3 is 10.6 Å². The van der Waals surface area contributed by atoms with E-state index >= 15 is 0 Å². The highest BCUT2D eigenvalue weighted by molar-refractivity contribution is 8.00. The standard InChI is InChI=1S/C9H18N2OS/c1-6(10)9(12)11-4-5-13-8(3)7(11)2/h6-8H,4-5,10H2,1-3H3/t6-,7?,8?/m0/s1. The highest BCUT2D eigenvalue weighted by atomic mass is 32.2. The van der Waals surface area contributed by atoms with Gasteiger partial charge in [-0.2, -0.15) is 11.8 Å². The summed E-state index contributed by atoms with van der Waals surface area (Å²) in [6.07, 6.45) is 0. The maximum atomic E-state index is 11.6. The lowest BCUT2D eigenvalue weighted by molar-refractivity contribution is -0.134. The van der Waals surface area contributed by atoms with Crippen LogP contribution in [0.25, 0.3) is 0 Å². The molecule has 1 amide bonds. The minimum absolute atomic E-state index is 0.0830. The molecule has 76 valence electrons. The minimum Gasteiger partial charge on any atom is -0.337 e. The van der Waals surface area contributed by atoms with Crippen molar-refractivity contribution in [2.75, 3.05) is 12.3 Å². The Morgan fingerprint density at radius 3 is 2.77 bits per heavy atom. The Labute approximate surface area is 84.0 Å². The first-order valence-corrected chi connectivity index (χ1v) is 5.76. The number of rotatable bonds is 1. The first-order valence-electron chi connectivity index (χ1n) is 4.71. The highest BCUT2D eigenvalue weighted by Gasteiger charge is 2.29. The number of thioether (sulfide) groups is 1. The first-order chi connectivity index (χ1) is 6.04. The van der Waals surface area contributed by atoms with Crippen LogP contribution in [-0.4, -0.2) is 40.4 Å². The van der Waals surface area contributed by atoms with Crippen molar-refractivity contribution in [3.63, 3.8) is 0 Å². The van der Waals surface area contributed by atoms with Crippen LogP contribution < -0.4 is 5.73 Å². The minimum atomic E-state index is -0.363. The summed E-state index contributed by atoms with van der Waals surface area (Å²) in [5.74, 6) is 1.11. The topological polar surface area (TPSA) is 46.3 Å². The molecular formula is C9H18N2OS. The zero-order valence-electron chi connectivity index (χ0n) is 8.49. The van der Waals surface area contributed by atoms with Gasteiger partial charge in [0.25, 0.3) is 0 Å². The molecular weight excluding hydrogens is 184 g/mol. The number of carbonyl (C=O) groups excluding carboxylic acids is 1. The molecule has 1 rings (SSSR count). The van der Waals surface area contributed by atoms with Crippen LogP contribution in [-0.2, 0) is 4.79 Å². The van der Waals surface area contributed by atoms with Gasteiger partial charge in [-0.25, -0.2) is 0 Å². The SMILES string of the molecule is CC1SCCN(C(=O)[C@H](C)N)C1C. The van der Waals surface area contributed by atoms with Crippen molar-refractivity contribution in [2.24, 2.45) is 5.73 Å². The first kappa shape index (κ1) is 10.9. The van der Waals surface area contributed by atoms with Gasteiger partial charge in [-0.1, -0.05) is 6.92 Å². The molecule has 1 fully saturated rings. The summed E-state index contributed by atoms with van der Waals surface area (Å²) in [6.45, 7) is 6.85. The molecule has 0 saturated carbocycles. The molecule has 2 N–H and O–H groups in total. The molecule has 13 heavy (non-hydrogen) atoms. The normalized spacial score (nSPS) is 31.5. The number of amides is 1. The number of carbonyl (C=O) groups is 1. The average molecular weight is 202 g/mol. The van der Waals surface area contributed by atoms with Crippen LogP contribution in [0.3, 0.4) is 0 Å². The third kappa shape index (κ3) is 2.38. The van der Waals surface area contributed by atoms with Crippen molar-refractivity contribution >= 4 is 17.7 Å². The van der Waals surface area contributed by atoms with Crippen LogP contribution in [0, 0.1) is 0 Å². The van der Waals surface area contributed by atoms with E-state index in [1.54, 1.807) is 6.92 Å². The summed E-state index contributed by atoms with van der Waals surface area (Å²) >= 11 is 1.92. The molecule has 0 aromatic carbocycles. The average Bonchev–Trinajstić information content (AvgIpc) is 2.08. The van der Waals surface area contributed by atoms with Crippen LogP contribution in [0.15, 0.2) is 0 Å². The molecule has 1 aliphatic heterocycles. The highest BCUT2D eigenvalue weighted by Crippen LogP contribution is 2.24. The van der Waals surface area contributed by atoms with E-state index in [0.717, 1.165) is 12.3 Å². The Balaban J connectivity index is 2.62. The second-order valence-corrected chi connectivity index (χ2v) is 5.12. The Morgan fingerprint density at radius 1 is 1.62 bits per heavy atom. The zero-order chi connectivity index (χ0) is 10.0. The fourth-order valence-corrected chi connectivity index (χ4v) is 2.61. The molecule has 4 heteroatoms. The predicted molar refractivity (Wildman–Crippen MR) is 56.7 cm³/mol. The Hall–Kier alpha value is -0.220. The van der Waals surface area contributed by atoms with Crippen LogP contribution in [0.4, 0.5) is 0 Å². The third-order valence-corrected chi connectivity index (χ3v) is 3.89. The number of hydrogen-bond acceptors (Lipinski definition) is 3. The summed E-state index contributed by atoms with van der Waals surface area (Å²) in [7, 11) is 0. The molecule has 3 atom stereocenters. The van der Waals surface area contributed by atoms with Crippen molar-refractivity contribution in [1.82, 2.24) is 4.90 Å². The fraction of sp³-hybridized carbons (Fsp3) is 0.889. The van der Waals surface area contributed by atoms with Crippen molar-refractivity contribution in [1.29, 1.82) is 0 Å². The summed E-state index contributed by atoms with van der Waals surface area (Å²) in [5.41, 5.74) is 5.58. The smallest absolute Gasteiger partial charge is 0.239 e.